The SMILES string of the molecule is N#CC1CCCCN1C(=O)c1ccc(F)c(Br)c1. The minimum absolute atomic E-state index is 0.207. The molecule has 1 aliphatic heterocycles. The Morgan fingerprint density at radius 2 is 2.28 bits per heavy atom. The van der Waals surface area contributed by atoms with Gasteiger partial charge in [0.05, 0.1) is 10.5 Å². The molecule has 0 N–H and O–H groups in total. The zero-order chi connectivity index (χ0) is 13.1. The number of carbonyl (C=O) groups is 1. The van der Waals surface area contributed by atoms with E-state index in [1.807, 2.05) is 0 Å². The van der Waals surface area contributed by atoms with Crippen LogP contribution in [0.4, 0.5) is 4.39 Å². The highest BCUT2D eigenvalue weighted by atomic mass is 79.9. The summed E-state index contributed by atoms with van der Waals surface area (Å²) < 4.78 is 13.4. The predicted molar refractivity (Wildman–Crippen MR) is 68.4 cm³/mol. The minimum Gasteiger partial charge on any atom is -0.323 e. The maximum absolute atomic E-state index is 13.1. The molecule has 1 amide bonds. The van der Waals surface area contributed by atoms with Crippen molar-refractivity contribution in [3.05, 3.63) is 34.1 Å². The molecule has 0 bridgehead atoms. The first-order chi connectivity index (χ1) is 8.63. The first-order valence-corrected chi connectivity index (χ1v) is 6.58. The third kappa shape index (κ3) is 2.54. The van der Waals surface area contributed by atoms with Crippen LogP contribution in [-0.4, -0.2) is 23.4 Å². The van der Waals surface area contributed by atoms with Crippen LogP contribution >= 0.6 is 15.9 Å². The van der Waals surface area contributed by atoms with Gasteiger partial charge in [-0.3, -0.25) is 4.79 Å². The first kappa shape index (κ1) is 13.0. The number of hydrogen-bond donors (Lipinski definition) is 0. The summed E-state index contributed by atoms with van der Waals surface area (Å²) in [6.45, 7) is 0.589. The summed E-state index contributed by atoms with van der Waals surface area (Å²) in [5.41, 5.74) is 0.408. The number of hydrogen-bond acceptors (Lipinski definition) is 2. The summed E-state index contributed by atoms with van der Waals surface area (Å²) in [5.74, 6) is -0.607. The fourth-order valence-corrected chi connectivity index (χ4v) is 2.48. The van der Waals surface area contributed by atoms with Crippen molar-refractivity contribution < 1.29 is 9.18 Å². The lowest BCUT2D eigenvalue weighted by molar-refractivity contribution is 0.0670. The van der Waals surface area contributed by atoms with Crippen LogP contribution in [0.3, 0.4) is 0 Å². The van der Waals surface area contributed by atoms with Crippen molar-refractivity contribution in [2.45, 2.75) is 25.3 Å². The van der Waals surface area contributed by atoms with E-state index < -0.39 is 5.82 Å². The van der Waals surface area contributed by atoms with Crippen molar-refractivity contribution >= 4 is 21.8 Å². The third-order valence-electron chi connectivity index (χ3n) is 3.08. The van der Waals surface area contributed by atoms with E-state index in [1.54, 1.807) is 4.90 Å². The molecule has 0 spiro atoms. The van der Waals surface area contributed by atoms with Gasteiger partial charge in [-0.15, -0.1) is 0 Å². The van der Waals surface area contributed by atoms with E-state index in [1.165, 1.54) is 18.2 Å². The molecule has 1 heterocycles. The number of halogens is 2. The fraction of sp³-hybridized carbons (Fsp3) is 0.385. The number of likely N-dealkylation sites (tertiary alicyclic amines) is 1. The third-order valence-corrected chi connectivity index (χ3v) is 3.69. The molecule has 1 saturated heterocycles. The molecule has 18 heavy (non-hydrogen) atoms. The standard InChI is InChI=1S/C13H12BrFN2O/c14-11-7-9(4-5-12(11)15)13(18)17-6-2-1-3-10(17)8-16/h4-5,7,10H,1-3,6H2. The average Bonchev–Trinajstić information content (AvgIpc) is 2.41. The molecule has 0 radical (unpaired) electrons. The molecular formula is C13H12BrFN2O. The van der Waals surface area contributed by atoms with E-state index in [2.05, 4.69) is 22.0 Å². The fourth-order valence-electron chi connectivity index (χ4n) is 2.10. The van der Waals surface area contributed by atoms with Crippen LogP contribution in [0.25, 0.3) is 0 Å². The molecule has 0 aromatic heterocycles. The smallest absolute Gasteiger partial charge is 0.254 e. The van der Waals surface area contributed by atoms with Crippen LogP contribution in [0.1, 0.15) is 29.6 Å². The Bertz CT molecular complexity index is 512. The van der Waals surface area contributed by atoms with Crippen LogP contribution in [0, 0.1) is 17.1 Å². The number of carbonyl (C=O) groups excluding carboxylic acids is 1. The van der Waals surface area contributed by atoms with E-state index in [9.17, 15) is 9.18 Å². The lowest BCUT2D eigenvalue weighted by Crippen LogP contribution is -2.42. The summed E-state index contributed by atoms with van der Waals surface area (Å²) in [7, 11) is 0. The highest BCUT2D eigenvalue weighted by molar-refractivity contribution is 9.10. The Balaban J connectivity index is 2.24. The maximum atomic E-state index is 13.1. The van der Waals surface area contributed by atoms with Crippen LogP contribution < -0.4 is 0 Å². The Morgan fingerprint density at radius 1 is 1.50 bits per heavy atom. The van der Waals surface area contributed by atoms with Crippen LogP contribution in [0.15, 0.2) is 22.7 Å². The molecule has 1 aromatic rings. The van der Waals surface area contributed by atoms with E-state index in [0.29, 0.717) is 18.5 Å². The highest BCUT2D eigenvalue weighted by Crippen LogP contribution is 2.22. The van der Waals surface area contributed by atoms with E-state index in [-0.39, 0.29) is 16.4 Å². The second kappa shape index (κ2) is 5.49. The normalized spacial score (nSPS) is 19.4. The van der Waals surface area contributed by atoms with Gasteiger partial charge in [0.2, 0.25) is 0 Å². The van der Waals surface area contributed by atoms with E-state index in [4.69, 9.17) is 5.26 Å². The van der Waals surface area contributed by atoms with Crippen molar-refractivity contribution in [2.24, 2.45) is 0 Å². The van der Waals surface area contributed by atoms with Crippen LogP contribution in [-0.2, 0) is 0 Å². The molecule has 1 aliphatic rings. The summed E-state index contributed by atoms with van der Waals surface area (Å²) in [4.78, 5) is 13.8. The van der Waals surface area contributed by atoms with Crippen molar-refractivity contribution in [2.75, 3.05) is 6.54 Å². The number of benzene rings is 1. The summed E-state index contributed by atoms with van der Waals surface area (Å²) in [6.07, 6.45) is 2.59. The van der Waals surface area contributed by atoms with Gasteiger partial charge in [-0.2, -0.15) is 5.26 Å². The van der Waals surface area contributed by atoms with Gasteiger partial charge in [0.25, 0.3) is 5.91 Å². The summed E-state index contributed by atoms with van der Waals surface area (Å²) in [5, 5.41) is 9.04. The lowest BCUT2D eigenvalue weighted by Gasteiger charge is -2.31. The number of rotatable bonds is 1. The minimum atomic E-state index is -0.401. The lowest BCUT2D eigenvalue weighted by atomic mass is 10.0. The second-order valence-corrected chi connectivity index (χ2v) is 5.12. The summed E-state index contributed by atoms with van der Waals surface area (Å²) >= 11 is 3.06. The average molecular weight is 311 g/mol. The molecule has 0 aliphatic carbocycles. The maximum Gasteiger partial charge on any atom is 0.254 e. The van der Waals surface area contributed by atoms with Crippen LogP contribution in [0.5, 0.6) is 0 Å². The van der Waals surface area contributed by atoms with E-state index in [0.717, 1.165) is 12.8 Å². The first-order valence-electron chi connectivity index (χ1n) is 5.79. The molecular weight excluding hydrogens is 299 g/mol. The Labute approximate surface area is 113 Å². The molecule has 94 valence electrons. The molecule has 1 unspecified atom stereocenters. The van der Waals surface area contributed by atoms with Crippen molar-refractivity contribution in [3.63, 3.8) is 0 Å². The largest absolute Gasteiger partial charge is 0.323 e. The second-order valence-electron chi connectivity index (χ2n) is 4.27. The van der Waals surface area contributed by atoms with Gasteiger partial charge in [-0.1, -0.05) is 0 Å². The summed E-state index contributed by atoms with van der Waals surface area (Å²) in [6, 6.07) is 5.95. The van der Waals surface area contributed by atoms with Gasteiger partial charge < -0.3 is 4.90 Å². The Hall–Kier alpha value is -1.41. The topological polar surface area (TPSA) is 44.1 Å². The van der Waals surface area contributed by atoms with Gasteiger partial charge in [-0.25, -0.2) is 4.39 Å². The monoisotopic (exact) mass is 310 g/mol. The Morgan fingerprint density at radius 3 is 2.94 bits per heavy atom. The van der Waals surface area contributed by atoms with Gasteiger partial charge >= 0.3 is 0 Å². The zero-order valence-electron chi connectivity index (χ0n) is 9.70. The molecule has 2 rings (SSSR count). The molecule has 1 aromatic carbocycles. The van der Waals surface area contributed by atoms with Gasteiger partial charge in [-0.05, 0) is 53.4 Å². The number of nitriles is 1. The van der Waals surface area contributed by atoms with Crippen LogP contribution in [0.2, 0.25) is 0 Å². The zero-order valence-corrected chi connectivity index (χ0v) is 11.3. The number of nitrogens with zero attached hydrogens (tertiary/aromatic N) is 2. The van der Waals surface area contributed by atoms with E-state index >= 15 is 0 Å². The molecule has 0 saturated carbocycles. The van der Waals surface area contributed by atoms with Crippen molar-refractivity contribution in [1.82, 2.24) is 4.90 Å². The predicted octanol–water partition coefficient (Wildman–Crippen LogP) is 3.11. The number of amides is 1. The number of piperidine rings is 1. The molecule has 1 atom stereocenters. The van der Waals surface area contributed by atoms with Gasteiger partial charge in [0, 0.05) is 12.1 Å². The van der Waals surface area contributed by atoms with Gasteiger partial charge in [0.15, 0.2) is 0 Å². The molecule has 3 nitrogen and oxygen atoms in total. The quantitative estimate of drug-likeness (QED) is 0.800. The van der Waals surface area contributed by atoms with Gasteiger partial charge in [0.1, 0.15) is 11.9 Å². The van der Waals surface area contributed by atoms with Crippen molar-refractivity contribution in [1.29, 1.82) is 5.26 Å². The Kier molecular flexibility index (Phi) is 3.97. The van der Waals surface area contributed by atoms with Crippen molar-refractivity contribution in [3.8, 4) is 6.07 Å². The molecule has 5 heteroatoms. The highest BCUT2D eigenvalue weighted by Gasteiger charge is 2.27. The molecule has 1 fully saturated rings.